The summed E-state index contributed by atoms with van der Waals surface area (Å²) in [6.45, 7) is 3.14. The van der Waals surface area contributed by atoms with Gasteiger partial charge in [0.2, 0.25) is 0 Å². The van der Waals surface area contributed by atoms with Crippen molar-refractivity contribution in [1.29, 1.82) is 0 Å². The normalized spacial score (nSPS) is 11.2. The number of carboxylic acids is 1. The summed E-state index contributed by atoms with van der Waals surface area (Å²) in [7, 11) is 0. The average molecular weight is 334 g/mol. The molecule has 0 spiro atoms. The Hall–Kier alpha value is -3.08. The number of fused-ring (bicyclic) bond motifs is 1. The van der Waals surface area contributed by atoms with Crippen LogP contribution in [0.1, 0.15) is 35.7 Å². The van der Waals surface area contributed by atoms with E-state index in [4.69, 9.17) is 0 Å². The van der Waals surface area contributed by atoms with Gasteiger partial charge in [-0.3, -0.25) is 5.43 Å². The van der Waals surface area contributed by atoms with Gasteiger partial charge in [0, 0.05) is 34.8 Å². The molecule has 1 heterocycles. The Labute approximate surface area is 146 Å². The number of unbranched alkanes of at least 4 members (excludes halogenated alkanes) is 1. The molecule has 1 N–H and O–H groups in total. The molecule has 0 saturated heterocycles. The third-order valence-corrected chi connectivity index (χ3v) is 4.11. The molecule has 0 bridgehead atoms. The number of carbonyl (C=O) groups excluding carboxylic acids is 1. The SMILES string of the molecule is CCCCn1cc(/C=N/Nc2ccccc2C(=O)[O-])c2ccccc21. The Bertz CT molecular complexity index is 912. The second kappa shape index (κ2) is 7.66. The molecule has 5 heteroatoms. The first-order valence-corrected chi connectivity index (χ1v) is 8.38. The highest BCUT2D eigenvalue weighted by Crippen LogP contribution is 2.21. The first kappa shape index (κ1) is 16.8. The van der Waals surface area contributed by atoms with Crippen LogP contribution in [0.5, 0.6) is 0 Å². The molecule has 0 amide bonds. The van der Waals surface area contributed by atoms with Gasteiger partial charge in [-0.1, -0.05) is 49.7 Å². The van der Waals surface area contributed by atoms with Gasteiger partial charge >= 0.3 is 0 Å². The van der Waals surface area contributed by atoms with Gasteiger partial charge in [-0.05, 0) is 18.6 Å². The minimum atomic E-state index is -1.23. The number of nitrogens with zero attached hydrogens (tertiary/aromatic N) is 2. The van der Waals surface area contributed by atoms with Crippen LogP contribution in [0.15, 0.2) is 59.8 Å². The molecule has 0 aliphatic rings. The van der Waals surface area contributed by atoms with E-state index in [1.165, 1.54) is 11.6 Å². The third-order valence-electron chi connectivity index (χ3n) is 4.11. The van der Waals surface area contributed by atoms with E-state index < -0.39 is 5.97 Å². The molecule has 3 rings (SSSR count). The number of hydrogen-bond donors (Lipinski definition) is 1. The number of hydrazone groups is 1. The maximum atomic E-state index is 11.1. The Morgan fingerprint density at radius 3 is 2.76 bits per heavy atom. The Balaban J connectivity index is 1.86. The topological polar surface area (TPSA) is 69.5 Å². The number of hydrogen-bond acceptors (Lipinski definition) is 4. The highest BCUT2D eigenvalue weighted by molar-refractivity contribution is 6.00. The Kier molecular flexibility index (Phi) is 5.14. The van der Waals surface area contributed by atoms with Crippen LogP contribution in [0.4, 0.5) is 5.69 Å². The van der Waals surface area contributed by atoms with Crippen LogP contribution in [0.2, 0.25) is 0 Å². The minimum Gasteiger partial charge on any atom is -0.545 e. The third kappa shape index (κ3) is 3.71. The fourth-order valence-electron chi connectivity index (χ4n) is 2.82. The lowest BCUT2D eigenvalue weighted by Gasteiger charge is -2.08. The van der Waals surface area contributed by atoms with Gasteiger partial charge in [-0.15, -0.1) is 0 Å². The summed E-state index contributed by atoms with van der Waals surface area (Å²) in [5.74, 6) is -1.23. The Morgan fingerprint density at radius 2 is 1.96 bits per heavy atom. The number of carboxylic acid groups (broad SMARTS) is 1. The highest BCUT2D eigenvalue weighted by atomic mass is 16.4. The summed E-state index contributed by atoms with van der Waals surface area (Å²) in [4.78, 5) is 11.1. The van der Waals surface area contributed by atoms with Gasteiger partial charge in [0.1, 0.15) is 0 Å². The van der Waals surface area contributed by atoms with Crippen LogP contribution in [0.25, 0.3) is 10.9 Å². The molecule has 0 saturated carbocycles. The lowest BCUT2D eigenvalue weighted by atomic mass is 10.2. The average Bonchev–Trinajstić information content (AvgIpc) is 2.98. The number of para-hydroxylation sites is 2. The second-order valence-electron chi connectivity index (χ2n) is 5.85. The van der Waals surface area contributed by atoms with Crippen molar-refractivity contribution in [2.75, 3.05) is 5.43 Å². The molecular formula is C20H20N3O2-. The van der Waals surface area contributed by atoms with Gasteiger partial charge in [0.15, 0.2) is 0 Å². The van der Waals surface area contributed by atoms with Crippen LogP contribution in [-0.4, -0.2) is 16.8 Å². The van der Waals surface area contributed by atoms with Crippen molar-refractivity contribution in [3.63, 3.8) is 0 Å². The number of anilines is 1. The number of carbonyl (C=O) groups is 1. The lowest BCUT2D eigenvalue weighted by Crippen LogP contribution is -2.23. The molecule has 0 aliphatic heterocycles. The van der Waals surface area contributed by atoms with Crippen LogP contribution in [-0.2, 0) is 6.54 Å². The van der Waals surface area contributed by atoms with Gasteiger partial charge in [-0.2, -0.15) is 5.10 Å². The van der Waals surface area contributed by atoms with E-state index in [9.17, 15) is 9.90 Å². The summed E-state index contributed by atoms with van der Waals surface area (Å²) >= 11 is 0. The van der Waals surface area contributed by atoms with Crippen molar-refractivity contribution in [3.8, 4) is 0 Å². The number of nitrogens with one attached hydrogen (secondary N) is 1. The standard InChI is InChI=1S/C20H21N3O2/c1-2-3-12-23-14-15(16-8-5-7-11-19(16)23)13-21-22-18-10-6-4-9-17(18)20(24)25/h4-11,13-14,22H,2-3,12H2,1H3,(H,24,25)/p-1/b21-13+. The fraction of sp³-hybridized carbons (Fsp3) is 0.200. The van der Waals surface area contributed by atoms with Crippen molar-refractivity contribution in [3.05, 3.63) is 65.9 Å². The molecule has 0 radical (unpaired) electrons. The van der Waals surface area contributed by atoms with Crippen LogP contribution in [0, 0.1) is 0 Å². The smallest absolute Gasteiger partial charge is 0.0736 e. The maximum absolute atomic E-state index is 11.1. The van der Waals surface area contributed by atoms with E-state index in [0.717, 1.165) is 30.3 Å². The highest BCUT2D eigenvalue weighted by Gasteiger charge is 2.06. The monoisotopic (exact) mass is 334 g/mol. The van der Waals surface area contributed by atoms with E-state index in [1.54, 1.807) is 24.4 Å². The molecule has 0 aliphatic carbocycles. The number of benzene rings is 2. The summed E-state index contributed by atoms with van der Waals surface area (Å²) in [5.41, 5.74) is 5.46. The maximum Gasteiger partial charge on any atom is 0.0736 e. The number of rotatable bonds is 7. The van der Waals surface area contributed by atoms with Gasteiger partial charge in [0.25, 0.3) is 0 Å². The van der Waals surface area contributed by atoms with Crippen molar-refractivity contribution >= 4 is 28.8 Å². The first-order valence-electron chi connectivity index (χ1n) is 8.38. The van der Waals surface area contributed by atoms with E-state index in [0.29, 0.717) is 5.69 Å². The summed E-state index contributed by atoms with van der Waals surface area (Å²) in [5, 5.41) is 16.5. The largest absolute Gasteiger partial charge is 0.545 e. The van der Waals surface area contributed by atoms with Crippen molar-refractivity contribution in [2.24, 2.45) is 5.10 Å². The van der Waals surface area contributed by atoms with Gasteiger partial charge in [0.05, 0.1) is 17.9 Å². The van der Waals surface area contributed by atoms with Crippen LogP contribution < -0.4 is 10.5 Å². The molecule has 128 valence electrons. The quantitative estimate of drug-likeness (QED) is 0.533. The number of aromatic nitrogens is 1. The molecule has 3 aromatic rings. The summed E-state index contributed by atoms with van der Waals surface area (Å²) < 4.78 is 2.23. The zero-order chi connectivity index (χ0) is 17.6. The molecule has 0 fully saturated rings. The van der Waals surface area contributed by atoms with E-state index in [2.05, 4.69) is 40.3 Å². The number of aryl methyl sites for hydroxylation is 1. The molecular weight excluding hydrogens is 314 g/mol. The number of aromatic carboxylic acids is 1. The van der Waals surface area contributed by atoms with E-state index >= 15 is 0 Å². The zero-order valence-corrected chi connectivity index (χ0v) is 14.1. The predicted molar refractivity (Wildman–Crippen MR) is 98.8 cm³/mol. The van der Waals surface area contributed by atoms with E-state index in [-0.39, 0.29) is 5.56 Å². The molecule has 25 heavy (non-hydrogen) atoms. The van der Waals surface area contributed by atoms with Gasteiger partial charge < -0.3 is 14.5 Å². The van der Waals surface area contributed by atoms with Gasteiger partial charge in [-0.25, -0.2) is 0 Å². The summed E-state index contributed by atoms with van der Waals surface area (Å²) in [6.07, 6.45) is 6.05. The lowest BCUT2D eigenvalue weighted by molar-refractivity contribution is -0.254. The van der Waals surface area contributed by atoms with E-state index in [1.807, 2.05) is 12.1 Å². The van der Waals surface area contributed by atoms with Crippen molar-refractivity contribution in [2.45, 2.75) is 26.3 Å². The zero-order valence-electron chi connectivity index (χ0n) is 14.1. The molecule has 5 nitrogen and oxygen atoms in total. The fourth-order valence-corrected chi connectivity index (χ4v) is 2.82. The van der Waals surface area contributed by atoms with Crippen molar-refractivity contribution < 1.29 is 9.90 Å². The second-order valence-corrected chi connectivity index (χ2v) is 5.85. The van der Waals surface area contributed by atoms with Crippen molar-refractivity contribution in [1.82, 2.24) is 4.57 Å². The van der Waals surface area contributed by atoms with Crippen LogP contribution in [0.3, 0.4) is 0 Å². The molecule has 0 unspecified atom stereocenters. The minimum absolute atomic E-state index is 0.0880. The van der Waals surface area contributed by atoms with Crippen LogP contribution >= 0.6 is 0 Å². The molecule has 2 aromatic carbocycles. The first-order chi connectivity index (χ1) is 12.2. The predicted octanol–water partition coefficient (Wildman–Crippen LogP) is 3.25. The summed E-state index contributed by atoms with van der Waals surface area (Å²) in [6, 6.07) is 14.7. The molecule has 1 aromatic heterocycles. The molecule has 0 atom stereocenters. The Morgan fingerprint density at radius 1 is 1.20 bits per heavy atom.